The summed E-state index contributed by atoms with van der Waals surface area (Å²) in [5, 5.41) is 10.5. The molecule has 2 aromatic carbocycles. The zero-order valence-corrected chi connectivity index (χ0v) is 21.5. The number of allylic oxidation sites excluding steroid dienone is 1. The third-order valence-electron chi connectivity index (χ3n) is 7.54. The van der Waals surface area contributed by atoms with E-state index in [4.69, 9.17) is 9.47 Å². The van der Waals surface area contributed by atoms with Gasteiger partial charge in [0.05, 0.1) is 12.2 Å². The molecule has 0 aromatic heterocycles. The van der Waals surface area contributed by atoms with Gasteiger partial charge in [-0.05, 0) is 117 Å². The summed E-state index contributed by atoms with van der Waals surface area (Å²) in [6, 6.07) is 8.82. The molecule has 1 saturated carbocycles. The van der Waals surface area contributed by atoms with E-state index in [9.17, 15) is 9.90 Å². The van der Waals surface area contributed by atoms with E-state index in [0.717, 1.165) is 79.6 Å². The molecule has 4 nitrogen and oxygen atoms in total. The van der Waals surface area contributed by atoms with E-state index in [-0.39, 0.29) is 0 Å². The number of benzene rings is 2. The molecule has 35 heavy (non-hydrogen) atoms. The average Bonchev–Trinajstić information content (AvgIpc) is 3.67. The smallest absolute Gasteiger partial charge is 0.337 e. The van der Waals surface area contributed by atoms with Crippen molar-refractivity contribution >= 4 is 12.0 Å². The van der Waals surface area contributed by atoms with Gasteiger partial charge in [0.2, 0.25) is 0 Å². The Morgan fingerprint density at radius 3 is 2.69 bits per heavy atom. The van der Waals surface area contributed by atoms with E-state index in [0.29, 0.717) is 11.8 Å². The number of carboxylic acid groups (broad SMARTS) is 1. The van der Waals surface area contributed by atoms with Gasteiger partial charge in [0.25, 0.3) is 0 Å². The summed E-state index contributed by atoms with van der Waals surface area (Å²) in [4.78, 5) is 12.8. The standard InChI is InChI=1S/C31H38O4/c1-5-19-8-6-10-24-23(16-19)18-25(20-11-12-20)27(28(24)29(30(32)33)35-31(2,3)4)22-13-14-26-21(17-22)9-7-15-34-26/h6,10,13-14,17-20,29H,5,7-9,11-12,15-16H2,1-4H3,(H,32,33). The lowest BCUT2D eigenvalue weighted by Gasteiger charge is -2.30. The Bertz CT molecular complexity index is 1150. The van der Waals surface area contributed by atoms with Crippen molar-refractivity contribution in [2.75, 3.05) is 6.61 Å². The molecular weight excluding hydrogens is 436 g/mol. The minimum atomic E-state index is -1.03. The highest BCUT2D eigenvalue weighted by Crippen LogP contribution is 2.50. The predicted molar refractivity (Wildman–Crippen MR) is 140 cm³/mol. The molecular formula is C31H38O4. The van der Waals surface area contributed by atoms with Crippen molar-refractivity contribution < 1.29 is 19.4 Å². The molecule has 0 amide bonds. The summed E-state index contributed by atoms with van der Waals surface area (Å²) in [5.74, 6) is 1.08. The summed E-state index contributed by atoms with van der Waals surface area (Å²) < 4.78 is 12.2. The van der Waals surface area contributed by atoms with Crippen LogP contribution in [0.3, 0.4) is 0 Å². The minimum Gasteiger partial charge on any atom is -0.493 e. The number of carboxylic acids is 1. The molecule has 4 heteroatoms. The van der Waals surface area contributed by atoms with Crippen LogP contribution in [0.4, 0.5) is 0 Å². The Morgan fingerprint density at radius 2 is 2.00 bits per heavy atom. The van der Waals surface area contributed by atoms with Gasteiger partial charge in [-0.2, -0.15) is 0 Å². The summed E-state index contributed by atoms with van der Waals surface area (Å²) in [7, 11) is 0. The lowest BCUT2D eigenvalue weighted by Crippen LogP contribution is -2.28. The maximum Gasteiger partial charge on any atom is 0.337 e. The molecule has 2 aromatic rings. The van der Waals surface area contributed by atoms with Gasteiger partial charge in [0.1, 0.15) is 5.75 Å². The molecule has 0 spiro atoms. The van der Waals surface area contributed by atoms with Gasteiger partial charge < -0.3 is 14.6 Å². The lowest BCUT2D eigenvalue weighted by molar-refractivity contribution is -0.160. The third kappa shape index (κ3) is 5.04. The van der Waals surface area contributed by atoms with Crippen LogP contribution in [0, 0.1) is 5.92 Å². The normalized spacial score (nSPS) is 20.4. The Balaban J connectivity index is 1.79. The summed E-state index contributed by atoms with van der Waals surface area (Å²) in [6.45, 7) is 8.81. The van der Waals surface area contributed by atoms with Crippen LogP contribution in [0.25, 0.3) is 17.2 Å². The topological polar surface area (TPSA) is 55.8 Å². The second kappa shape index (κ2) is 9.46. The molecule has 186 valence electrons. The SMILES string of the molecule is CCC1CC=Cc2c(cc(C3CC3)c(-c3ccc4c(c3)CCCO4)c2C(OC(C)(C)C)C(=O)O)C1. The van der Waals surface area contributed by atoms with E-state index in [1.165, 1.54) is 16.7 Å². The first-order valence-corrected chi connectivity index (χ1v) is 13.3. The number of carbonyl (C=O) groups is 1. The van der Waals surface area contributed by atoms with Gasteiger partial charge in [-0.25, -0.2) is 4.79 Å². The number of aryl methyl sites for hydroxylation is 1. The molecule has 0 bridgehead atoms. The van der Waals surface area contributed by atoms with Gasteiger partial charge in [0, 0.05) is 5.56 Å². The van der Waals surface area contributed by atoms with Crippen LogP contribution in [0.15, 0.2) is 30.3 Å². The first kappa shape index (κ1) is 24.1. The Labute approximate surface area is 209 Å². The Kier molecular flexibility index (Phi) is 6.52. The first-order valence-electron chi connectivity index (χ1n) is 13.3. The maximum absolute atomic E-state index is 12.8. The number of fused-ring (bicyclic) bond motifs is 2. The molecule has 2 atom stereocenters. The quantitative estimate of drug-likeness (QED) is 0.471. The van der Waals surface area contributed by atoms with Gasteiger partial charge in [-0.1, -0.05) is 37.6 Å². The van der Waals surface area contributed by atoms with Gasteiger partial charge in [0.15, 0.2) is 6.10 Å². The maximum atomic E-state index is 12.8. The van der Waals surface area contributed by atoms with Crippen molar-refractivity contribution in [1.82, 2.24) is 0 Å². The number of aliphatic carboxylic acids is 1. The van der Waals surface area contributed by atoms with Crippen molar-refractivity contribution in [3.63, 3.8) is 0 Å². The zero-order chi connectivity index (χ0) is 24.7. The van der Waals surface area contributed by atoms with Crippen LogP contribution in [0.5, 0.6) is 5.75 Å². The molecule has 0 radical (unpaired) electrons. The Morgan fingerprint density at radius 1 is 1.20 bits per heavy atom. The highest BCUT2D eigenvalue weighted by Gasteiger charge is 2.37. The molecule has 1 fully saturated rings. The van der Waals surface area contributed by atoms with Crippen molar-refractivity contribution in [1.29, 1.82) is 0 Å². The van der Waals surface area contributed by atoms with Crippen molar-refractivity contribution in [3.05, 3.63) is 58.2 Å². The van der Waals surface area contributed by atoms with Crippen LogP contribution in [0.1, 0.15) is 99.6 Å². The molecule has 1 aliphatic heterocycles. The van der Waals surface area contributed by atoms with Crippen LogP contribution >= 0.6 is 0 Å². The van der Waals surface area contributed by atoms with E-state index in [2.05, 4.69) is 43.3 Å². The van der Waals surface area contributed by atoms with E-state index in [1.807, 2.05) is 20.8 Å². The molecule has 1 heterocycles. The summed E-state index contributed by atoms with van der Waals surface area (Å²) in [5.41, 5.74) is 7.22. The number of rotatable bonds is 6. The highest BCUT2D eigenvalue weighted by molar-refractivity contribution is 5.86. The lowest BCUT2D eigenvalue weighted by atomic mass is 9.81. The van der Waals surface area contributed by atoms with Gasteiger partial charge in [-0.15, -0.1) is 0 Å². The van der Waals surface area contributed by atoms with E-state index in [1.54, 1.807) is 0 Å². The van der Waals surface area contributed by atoms with Crippen molar-refractivity contribution in [3.8, 4) is 16.9 Å². The second-order valence-electron chi connectivity index (χ2n) is 11.4. The highest BCUT2D eigenvalue weighted by atomic mass is 16.5. The molecule has 3 aliphatic rings. The first-order chi connectivity index (χ1) is 16.7. The van der Waals surface area contributed by atoms with Crippen molar-refractivity contribution in [2.45, 2.75) is 90.3 Å². The third-order valence-corrected chi connectivity index (χ3v) is 7.54. The second-order valence-corrected chi connectivity index (χ2v) is 11.4. The molecule has 1 N–H and O–H groups in total. The largest absolute Gasteiger partial charge is 0.493 e. The average molecular weight is 475 g/mol. The Hall–Kier alpha value is -2.59. The molecule has 2 unspecified atom stereocenters. The van der Waals surface area contributed by atoms with Gasteiger partial charge >= 0.3 is 5.97 Å². The fraction of sp³-hybridized carbons (Fsp3) is 0.516. The number of ether oxygens (including phenoxy) is 2. The van der Waals surface area contributed by atoms with Crippen LogP contribution in [0.2, 0.25) is 0 Å². The molecule has 5 rings (SSSR count). The monoisotopic (exact) mass is 474 g/mol. The fourth-order valence-corrected chi connectivity index (χ4v) is 5.66. The predicted octanol–water partition coefficient (Wildman–Crippen LogP) is 7.48. The van der Waals surface area contributed by atoms with Crippen LogP contribution in [-0.2, 0) is 22.4 Å². The van der Waals surface area contributed by atoms with Gasteiger partial charge in [-0.3, -0.25) is 0 Å². The van der Waals surface area contributed by atoms with E-state index >= 15 is 0 Å². The zero-order valence-electron chi connectivity index (χ0n) is 21.5. The number of hydrogen-bond donors (Lipinski definition) is 1. The fourth-order valence-electron chi connectivity index (χ4n) is 5.66. The minimum absolute atomic E-state index is 0.484. The molecule has 2 aliphatic carbocycles. The summed E-state index contributed by atoms with van der Waals surface area (Å²) in [6.07, 6.45) is 10.8. The number of hydrogen-bond acceptors (Lipinski definition) is 3. The van der Waals surface area contributed by atoms with Crippen molar-refractivity contribution in [2.24, 2.45) is 5.92 Å². The van der Waals surface area contributed by atoms with Crippen LogP contribution in [-0.4, -0.2) is 23.3 Å². The summed E-state index contributed by atoms with van der Waals surface area (Å²) >= 11 is 0. The molecule has 0 saturated heterocycles. The van der Waals surface area contributed by atoms with E-state index < -0.39 is 17.7 Å². The van der Waals surface area contributed by atoms with Crippen LogP contribution < -0.4 is 4.74 Å².